The Bertz CT molecular complexity index is 1500. The number of carbonyl (C=O) groups excluding carboxylic acids is 1. The van der Waals surface area contributed by atoms with Gasteiger partial charge in [-0.3, -0.25) is 10.1 Å². The smallest absolute Gasteiger partial charge is 0.323 e. The number of rotatable bonds is 13. The number of esters is 1. The fourth-order valence-corrected chi connectivity index (χ4v) is 8.71. The number of nitrogens with one attached hydrogen (secondary N) is 1. The normalized spacial score (nSPS) is 25.8. The van der Waals surface area contributed by atoms with E-state index >= 15 is 0 Å². The predicted molar refractivity (Wildman–Crippen MR) is 181 cm³/mol. The molecule has 0 saturated carbocycles. The second-order valence-corrected chi connectivity index (χ2v) is 13.7. The average molecular weight is 658 g/mol. The van der Waals surface area contributed by atoms with Gasteiger partial charge in [-0.2, -0.15) is 0 Å². The zero-order chi connectivity index (χ0) is 31.6. The third-order valence-corrected chi connectivity index (χ3v) is 10.7. The van der Waals surface area contributed by atoms with Crippen LogP contribution in [0.5, 0.6) is 0 Å². The third-order valence-electron chi connectivity index (χ3n) is 8.05. The molecule has 2 aliphatic heterocycles. The van der Waals surface area contributed by atoms with Crippen LogP contribution in [0.4, 0.5) is 0 Å². The lowest BCUT2D eigenvalue weighted by molar-refractivity contribution is -0.215. The SMILES string of the molecule is COC(=O)[C@H]1CS[C@@]2(N1)[C@@H](OCc1ccccc1)[C@@H](COCc1ccccc1)O[C@@H](Sc1ccccc1)[C@@H]2OCc1ccccc1. The van der Waals surface area contributed by atoms with E-state index in [1.807, 2.05) is 109 Å². The zero-order valence-electron chi connectivity index (χ0n) is 25.7. The predicted octanol–water partition coefficient (Wildman–Crippen LogP) is 6.47. The molecular formula is C37H39NO6S2. The molecule has 6 rings (SSSR count). The van der Waals surface area contributed by atoms with Crippen LogP contribution in [0.25, 0.3) is 0 Å². The van der Waals surface area contributed by atoms with Crippen molar-refractivity contribution < 1.29 is 28.5 Å². The fourth-order valence-electron chi connectivity index (χ4n) is 5.80. The van der Waals surface area contributed by atoms with E-state index in [-0.39, 0.29) is 5.97 Å². The molecule has 0 bridgehead atoms. The Morgan fingerprint density at radius 2 is 1.30 bits per heavy atom. The average Bonchev–Trinajstić information content (AvgIpc) is 3.54. The lowest BCUT2D eigenvalue weighted by Crippen LogP contribution is -2.71. The molecule has 4 aromatic carbocycles. The van der Waals surface area contributed by atoms with E-state index in [1.54, 1.807) is 23.5 Å². The van der Waals surface area contributed by atoms with Crippen LogP contribution < -0.4 is 5.32 Å². The van der Waals surface area contributed by atoms with Crippen molar-refractivity contribution >= 4 is 29.5 Å². The second kappa shape index (κ2) is 16.1. The van der Waals surface area contributed by atoms with Crippen molar-refractivity contribution in [1.82, 2.24) is 5.32 Å². The van der Waals surface area contributed by atoms with Gasteiger partial charge in [0.25, 0.3) is 0 Å². The monoisotopic (exact) mass is 657 g/mol. The summed E-state index contributed by atoms with van der Waals surface area (Å²) in [6.07, 6.45) is -1.51. The summed E-state index contributed by atoms with van der Waals surface area (Å²) in [5.41, 5.74) is 2.72. The summed E-state index contributed by atoms with van der Waals surface area (Å²) in [7, 11) is 1.42. The maximum Gasteiger partial charge on any atom is 0.323 e. The molecule has 1 spiro atoms. The minimum absolute atomic E-state index is 0.290. The molecule has 2 saturated heterocycles. The number of methoxy groups -OCH3 is 1. The minimum atomic E-state index is -0.853. The van der Waals surface area contributed by atoms with Crippen molar-refractivity contribution in [3.05, 3.63) is 138 Å². The first-order valence-corrected chi connectivity index (χ1v) is 17.3. The maximum atomic E-state index is 13.0. The number of ether oxygens (including phenoxy) is 5. The van der Waals surface area contributed by atoms with Crippen LogP contribution in [0.3, 0.4) is 0 Å². The van der Waals surface area contributed by atoms with Crippen LogP contribution in [0, 0.1) is 0 Å². The molecule has 9 heteroatoms. The summed E-state index contributed by atoms with van der Waals surface area (Å²) in [4.78, 5) is 13.2. The second-order valence-electron chi connectivity index (χ2n) is 11.2. The highest BCUT2D eigenvalue weighted by Gasteiger charge is 2.62. The van der Waals surface area contributed by atoms with E-state index in [4.69, 9.17) is 23.7 Å². The lowest BCUT2D eigenvalue weighted by Gasteiger charge is -2.52. The van der Waals surface area contributed by atoms with E-state index < -0.39 is 34.7 Å². The molecule has 0 aliphatic carbocycles. The molecule has 46 heavy (non-hydrogen) atoms. The summed E-state index contributed by atoms with van der Waals surface area (Å²) >= 11 is 3.25. The Hall–Kier alpha value is -3.15. The maximum absolute atomic E-state index is 13.0. The van der Waals surface area contributed by atoms with Gasteiger partial charge >= 0.3 is 5.97 Å². The molecule has 0 radical (unpaired) electrons. The first-order valence-electron chi connectivity index (χ1n) is 15.4. The topological polar surface area (TPSA) is 75.3 Å². The molecule has 0 aromatic heterocycles. The van der Waals surface area contributed by atoms with Gasteiger partial charge in [-0.05, 0) is 28.8 Å². The Balaban J connectivity index is 1.36. The Morgan fingerprint density at radius 3 is 1.87 bits per heavy atom. The highest BCUT2D eigenvalue weighted by atomic mass is 32.2. The van der Waals surface area contributed by atoms with Gasteiger partial charge in [-0.25, -0.2) is 0 Å². The molecule has 0 amide bonds. The standard InChI is InChI=1S/C37H39NO6S2/c1-40-35(39)31-26-45-37(38-31)33(42-23-28-16-8-3-9-17-28)32(25-41-22-27-14-6-2-7-15-27)44-36(46-30-20-12-5-13-21-30)34(37)43-24-29-18-10-4-11-19-29/h2-21,31-34,36,38H,22-26H2,1H3/t31-,32-,33+,34+,36+,37+/m1/s1. The van der Waals surface area contributed by atoms with Crippen molar-refractivity contribution in [3.8, 4) is 0 Å². The molecule has 240 valence electrons. The fraction of sp³-hybridized carbons (Fsp3) is 0.324. The Labute approximate surface area is 279 Å². The van der Waals surface area contributed by atoms with Crippen molar-refractivity contribution in [2.45, 2.75) is 59.4 Å². The number of thioether (sulfide) groups is 2. The van der Waals surface area contributed by atoms with Gasteiger partial charge in [0, 0.05) is 10.6 Å². The highest BCUT2D eigenvalue weighted by Crippen LogP contribution is 2.49. The number of hydrogen-bond acceptors (Lipinski definition) is 9. The van der Waals surface area contributed by atoms with Crippen LogP contribution in [0.1, 0.15) is 16.7 Å². The molecule has 6 atom stereocenters. The van der Waals surface area contributed by atoms with Crippen molar-refractivity contribution in [2.75, 3.05) is 19.5 Å². The van der Waals surface area contributed by atoms with Crippen LogP contribution in [-0.2, 0) is 48.3 Å². The van der Waals surface area contributed by atoms with Gasteiger partial charge in [-0.15, -0.1) is 11.8 Å². The number of benzene rings is 4. The third kappa shape index (κ3) is 8.04. The van der Waals surface area contributed by atoms with E-state index in [1.165, 1.54) is 7.11 Å². The molecule has 2 heterocycles. The summed E-state index contributed by atoms with van der Waals surface area (Å²) in [6.45, 7) is 1.46. The summed E-state index contributed by atoms with van der Waals surface area (Å²) in [6, 6.07) is 39.9. The first kappa shape index (κ1) is 32.8. The van der Waals surface area contributed by atoms with Crippen molar-refractivity contribution in [1.29, 1.82) is 0 Å². The summed E-state index contributed by atoms with van der Waals surface area (Å²) < 4.78 is 32.2. The Morgan fingerprint density at radius 1 is 0.783 bits per heavy atom. The lowest BCUT2D eigenvalue weighted by atomic mass is 9.94. The zero-order valence-corrected chi connectivity index (χ0v) is 27.4. The summed E-state index contributed by atoms with van der Waals surface area (Å²) in [5, 5.41) is 3.67. The van der Waals surface area contributed by atoms with E-state index in [9.17, 15) is 4.79 Å². The van der Waals surface area contributed by atoms with Gasteiger partial charge in [0.1, 0.15) is 34.7 Å². The quantitative estimate of drug-likeness (QED) is 0.163. The largest absolute Gasteiger partial charge is 0.468 e. The van der Waals surface area contributed by atoms with Crippen LogP contribution in [0.2, 0.25) is 0 Å². The van der Waals surface area contributed by atoms with Crippen molar-refractivity contribution in [3.63, 3.8) is 0 Å². The van der Waals surface area contributed by atoms with Crippen LogP contribution in [0.15, 0.2) is 126 Å². The van der Waals surface area contributed by atoms with Gasteiger partial charge in [0.15, 0.2) is 0 Å². The Kier molecular flexibility index (Phi) is 11.5. The van der Waals surface area contributed by atoms with Gasteiger partial charge in [-0.1, -0.05) is 121 Å². The molecular weight excluding hydrogens is 619 g/mol. The van der Waals surface area contributed by atoms with Crippen LogP contribution in [-0.4, -0.2) is 60.1 Å². The molecule has 0 unspecified atom stereocenters. The molecule has 2 fully saturated rings. The van der Waals surface area contributed by atoms with E-state index in [0.29, 0.717) is 32.2 Å². The molecule has 7 nitrogen and oxygen atoms in total. The molecule has 2 aliphatic rings. The van der Waals surface area contributed by atoms with Gasteiger partial charge in [0.2, 0.25) is 0 Å². The number of carbonyl (C=O) groups is 1. The van der Waals surface area contributed by atoms with Crippen LogP contribution >= 0.6 is 23.5 Å². The molecule has 1 N–H and O–H groups in total. The minimum Gasteiger partial charge on any atom is -0.468 e. The molecule has 4 aromatic rings. The van der Waals surface area contributed by atoms with E-state index in [2.05, 4.69) is 17.4 Å². The van der Waals surface area contributed by atoms with Crippen molar-refractivity contribution in [2.24, 2.45) is 0 Å². The highest BCUT2D eigenvalue weighted by molar-refractivity contribution is 8.01. The summed E-state index contributed by atoms with van der Waals surface area (Å²) in [5.74, 6) is 0.187. The van der Waals surface area contributed by atoms with Gasteiger partial charge < -0.3 is 23.7 Å². The van der Waals surface area contributed by atoms with Gasteiger partial charge in [0.05, 0.1) is 33.5 Å². The first-order chi connectivity index (χ1) is 22.6. The van der Waals surface area contributed by atoms with E-state index in [0.717, 1.165) is 21.6 Å². The number of hydrogen-bond donors (Lipinski definition) is 1.